The van der Waals surface area contributed by atoms with Crippen molar-refractivity contribution in [3.63, 3.8) is 0 Å². The normalized spacial score (nSPS) is 10.6. The quantitative estimate of drug-likeness (QED) is 0.887. The molecule has 0 radical (unpaired) electrons. The first-order valence-corrected chi connectivity index (χ1v) is 6.24. The molecule has 1 aromatic rings. The number of thioether (sulfide) groups is 1. The summed E-state index contributed by atoms with van der Waals surface area (Å²) in [6.07, 6.45) is 3.46. The zero-order valence-corrected chi connectivity index (χ0v) is 11.0. The summed E-state index contributed by atoms with van der Waals surface area (Å²) in [5, 5.41) is 9.12. The number of carboxylic acid groups (broad SMARTS) is 1. The number of carboxylic acids is 1. The van der Waals surface area contributed by atoms with E-state index in [2.05, 4.69) is 0 Å². The van der Waals surface area contributed by atoms with Crippen LogP contribution in [0.5, 0.6) is 5.75 Å². The Kier molecular flexibility index (Phi) is 5.45. The van der Waals surface area contributed by atoms with E-state index in [0.29, 0.717) is 17.1 Å². The summed E-state index contributed by atoms with van der Waals surface area (Å²) in [6, 6.07) is 4.85. The van der Waals surface area contributed by atoms with Gasteiger partial charge < -0.3 is 9.84 Å². The lowest BCUT2D eigenvalue weighted by Gasteiger charge is -2.04. The van der Waals surface area contributed by atoms with Crippen molar-refractivity contribution in [3.8, 4) is 5.75 Å². The highest BCUT2D eigenvalue weighted by atomic mass is 32.2. The minimum absolute atomic E-state index is 0.0350. The Bertz CT molecular complexity index is 480. The van der Waals surface area contributed by atoms with Crippen LogP contribution in [0.25, 0.3) is 6.08 Å². The molecule has 5 heteroatoms. The van der Waals surface area contributed by atoms with Gasteiger partial charge in [-0.1, -0.05) is 30.0 Å². The molecular weight excluding hydrogens is 252 g/mol. The highest BCUT2D eigenvalue weighted by Crippen LogP contribution is 2.19. The monoisotopic (exact) mass is 266 g/mol. The molecule has 0 saturated carbocycles. The summed E-state index contributed by atoms with van der Waals surface area (Å²) in [7, 11) is 1.49. The third kappa shape index (κ3) is 4.25. The van der Waals surface area contributed by atoms with Gasteiger partial charge in [0, 0.05) is 12.7 Å². The zero-order chi connectivity index (χ0) is 13.5. The number of rotatable bonds is 5. The summed E-state index contributed by atoms with van der Waals surface area (Å²) >= 11 is 1.17. The third-order valence-corrected chi connectivity index (χ3v) is 2.94. The lowest BCUT2D eigenvalue weighted by molar-refractivity contribution is -0.109. The number of carbonyl (C=O) groups is 2. The first-order valence-electron chi connectivity index (χ1n) is 5.26. The number of methoxy groups -OCH3 is 1. The minimum Gasteiger partial charge on any atom is -0.497 e. The van der Waals surface area contributed by atoms with Crippen molar-refractivity contribution in [2.75, 3.05) is 12.9 Å². The van der Waals surface area contributed by atoms with Crippen LogP contribution in [0, 0.1) is 0 Å². The first kappa shape index (κ1) is 14.3. The second-order valence-electron chi connectivity index (χ2n) is 3.46. The van der Waals surface area contributed by atoms with Crippen molar-refractivity contribution in [2.45, 2.75) is 6.92 Å². The van der Waals surface area contributed by atoms with Crippen LogP contribution in [-0.4, -0.2) is 29.1 Å². The zero-order valence-electron chi connectivity index (χ0n) is 10.2. The molecular formula is C13H14O4S. The average Bonchev–Trinajstić information content (AvgIpc) is 2.34. The molecule has 0 bridgehead atoms. The molecule has 0 fully saturated rings. The van der Waals surface area contributed by atoms with Crippen molar-refractivity contribution in [1.29, 1.82) is 0 Å². The van der Waals surface area contributed by atoms with Crippen molar-refractivity contribution in [3.05, 3.63) is 35.4 Å². The van der Waals surface area contributed by atoms with Gasteiger partial charge in [-0.15, -0.1) is 0 Å². The lowest BCUT2D eigenvalue weighted by Crippen LogP contribution is -2.00. The van der Waals surface area contributed by atoms with Crippen LogP contribution in [-0.2, 0) is 4.79 Å². The predicted molar refractivity (Wildman–Crippen MR) is 72.1 cm³/mol. The van der Waals surface area contributed by atoms with E-state index in [1.807, 2.05) is 0 Å². The maximum Gasteiger partial charge on any atom is 0.336 e. The van der Waals surface area contributed by atoms with Gasteiger partial charge in [-0.05, 0) is 17.7 Å². The molecule has 4 nitrogen and oxygen atoms in total. The summed E-state index contributed by atoms with van der Waals surface area (Å²) < 4.78 is 4.98. The van der Waals surface area contributed by atoms with E-state index in [0.717, 1.165) is 0 Å². The van der Waals surface area contributed by atoms with Crippen LogP contribution >= 0.6 is 11.8 Å². The van der Waals surface area contributed by atoms with Crippen LogP contribution in [0.3, 0.4) is 0 Å². The number of benzene rings is 1. The summed E-state index contributed by atoms with van der Waals surface area (Å²) in [5.74, 6) is 0.0240. The fraction of sp³-hybridized carbons (Fsp3) is 0.231. The minimum atomic E-state index is -1.01. The molecule has 1 N–H and O–H groups in total. The van der Waals surface area contributed by atoms with E-state index in [-0.39, 0.29) is 10.7 Å². The second-order valence-corrected chi connectivity index (χ2v) is 4.66. The Morgan fingerprint density at radius 1 is 1.44 bits per heavy atom. The largest absolute Gasteiger partial charge is 0.497 e. The second kappa shape index (κ2) is 6.86. The van der Waals surface area contributed by atoms with E-state index < -0.39 is 5.97 Å². The van der Waals surface area contributed by atoms with Gasteiger partial charge in [-0.3, -0.25) is 4.79 Å². The molecule has 96 valence electrons. The lowest BCUT2D eigenvalue weighted by atomic mass is 10.1. The molecule has 0 saturated heterocycles. The molecule has 0 atom stereocenters. The van der Waals surface area contributed by atoms with E-state index in [1.165, 1.54) is 31.9 Å². The highest BCUT2D eigenvalue weighted by molar-refractivity contribution is 8.13. The van der Waals surface area contributed by atoms with Crippen LogP contribution in [0.2, 0.25) is 0 Å². The third-order valence-electron chi connectivity index (χ3n) is 2.17. The average molecular weight is 266 g/mol. The number of ether oxygens (including phenoxy) is 1. The molecule has 0 unspecified atom stereocenters. The maximum absolute atomic E-state index is 11.1. The van der Waals surface area contributed by atoms with Crippen LogP contribution in [0.15, 0.2) is 24.3 Å². The highest BCUT2D eigenvalue weighted by Gasteiger charge is 2.09. The standard InChI is InChI=1S/C13H14O4S/c1-9(14)18-7-3-4-10-5-6-11(17-2)8-12(10)13(15)16/h3-6,8H,7H2,1-2H3,(H,15,16). The van der Waals surface area contributed by atoms with Crippen molar-refractivity contribution >= 4 is 28.9 Å². The Morgan fingerprint density at radius 2 is 2.17 bits per heavy atom. The van der Waals surface area contributed by atoms with Crippen LogP contribution < -0.4 is 4.74 Å². The molecule has 0 aromatic heterocycles. The van der Waals surface area contributed by atoms with Gasteiger partial charge in [0.25, 0.3) is 0 Å². The van der Waals surface area contributed by atoms with Crippen molar-refractivity contribution in [1.82, 2.24) is 0 Å². The van der Waals surface area contributed by atoms with Crippen LogP contribution in [0.1, 0.15) is 22.8 Å². The van der Waals surface area contributed by atoms with Gasteiger partial charge >= 0.3 is 5.97 Å². The van der Waals surface area contributed by atoms with Gasteiger partial charge in [0.05, 0.1) is 12.7 Å². The summed E-state index contributed by atoms with van der Waals surface area (Å²) in [6.45, 7) is 1.49. The summed E-state index contributed by atoms with van der Waals surface area (Å²) in [4.78, 5) is 21.8. The molecule has 0 aliphatic carbocycles. The summed E-state index contributed by atoms with van der Waals surface area (Å²) in [5.41, 5.74) is 0.769. The SMILES string of the molecule is COc1ccc(C=CCSC(C)=O)c(C(=O)O)c1. The maximum atomic E-state index is 11.1. The fourth-order valence-electron chi connectivity index (χ4n) is 1.33. The van der Waals surface area contributed by atoms with Crippen LogP contribution in [0.4, 0.5) is 0 Å². The topological polar surface area (TPSA) is 63.6 Å². The fourth-order valence-corrected chi connectivity index (χ4v) is 1.76. The number of aromatic carboxylic acids is 1. The van der Waals surface area contributed by atoms with E-state index in [4.69, 9.17) is 9.84 Å². The first-order chi connectivity index (χ1) is 8.54. The van der Waals surface area contributed by atoms with Crippen molar-refractivity contribution in [2.24, 2.45) is 0 Å². The molecule has 0 aliphatic rings. The Morgan fingerprint density at radius 3 is 2.72 bits per heavy atom. The Labute approximate surface area is 110 Å². The molecule has 0 spiro atoms. The Balaban J connectivity index is 2.87. The number of hydrogen-bond acceptors (Lipinski definition) is 4. The van der Waals surface area contributed by atoms with E-state index >= 15 is 0 Å². The molecule has 0 aliphatic heterocycles. The smallest absolute Gasteiger partial charge is 0.336 e. The van der Waals surface area contributed by atoms with Gasteiger partial charge in [-0.2, -0.15) is 0 Å². The molecule has 0 heterocycles. The van der Waals surface area contributed by atoms with E-state index in [9.17, 15) is 9.59 Å². The van der Waals surface area contributed by atoms with Crippen molar-refractivity contribution < 1.29 is 19.4 Å². The van der Waals surface area contributed by atoms with E-state index in [1.54, 1.807) is 24.3 Å². The molecule has 1 rings (SSSR count). The molecule has 0 amide bonds. The predicted octanol–water partition coefficient (Wildman–Crippen LogP) is 2.69. The van der Waals surface area contributed by atoms with Gasteiger partial charge in [0.2, 0.25) is 0 Å². The van der Waals surface area contributed by atoms with Gasteiger partial charge in [0.15, 0.2) is 5.12 Å². The Hall–Kier alpha value is -1.75. The van der Waals surface area contributed by atoms with Gasteiger partial charge in [0.1, 0.15) is 5.75 Å². The number of hydrogen-bond donors (Lipinski definition) is 1. The molecule has 18 heavy (non-hydrogen) atoms. The van der Waals surface area contributed by atoms with Gasteiger partial charge in [-0.25, -0.2) is 4.79 Å². The number of carbonyl (C=O) groups excluding carboxylic acids is 1. The molecule has 1 aromatic carbocycles.